The van der Waals surface area contributed by atoms with Gasteiger partial charge in [0.15, 0.2) is 4.80 Å². The van der Waals surface area contributed by atoms with Crippen molar-refractivity contribution in [1.82, 2.24) is 4.57 Å². The highest BCUT2D eigenvalue weighted by molar-refractivity contribution is 7.07. The Morgan fingerprint density at radius 1 is 0.830 bits per heavy atom. The summed E-state index contributed by atoms with van der Waals surface area (Å²) in [5.41, 5.74) is 3.43. The lowest BCUT2D eigenvalue weighted by molar-refractivity contribution is -0.130. The van der Waals surface area contributed by atoms with E-state index in [0.717, 1.165) is 16.9 Å². The Morgan fingerprint density at radius 2 is 1.47 bits per heavy atom. The fourth-order valence-electron chi connectivity index (χ4n) is 5.42. The largest absolute Gasteiger partial charge is 0.490 e. The van der Waals surface area contributed by atoms with E-state index in [4.69, 9.17) is 19.2 Å². The molecule has 8 heteroatoms. The number of benzene rings is 4. The molecule has 0 aliphatic carbocycles. The number of rotatable bonds is 9. The van der Waals surface area contributed by atoms with Crippen molar-refractivity contribution in [3.8, 4) is 17.2 Å². The highest BCUT2D eigenvalue weighted by Crippen LogP contribution is 2.31. The summed E-state index contributed by atoms with van der Waals surface area (Å²) in [6, 6.07) is 33.4. The van der Waals surface area contributed by atoms with Gasteiger partial charge in [0.25, 0.3) is 5.56 Å². The minimum Gasteiger partial charge on any atom is -0.490 e. The van der Waals surface area contributed by atoms with Gasteiger partial charge in [-0.1, -0.05) is 111 Å². The molecule has 0 amide bonds. The van der Waals surface area contributed by atoms with Gasteiger partial charge in [-0.25, -0.2) is 9.79 Å². The van der Waals surface area contributed by atoms with Gasteiger partial charge in [0.05, 0.1) is 21.8 Å². The van der Waals surface area contributed by atoms with Crippen molar-refractivity contribution in [3.05, 3.63) is 157 Å². The second-order valence-electron chi connectivity index (χ2n) is 12.2. The Hall–Kier alpha value is -5.21. The number of hydrogen-bond acceptors (Lipinski definition) is 7. The van der Waals surface area contributed by atoms with Crippen molar-refractivity contribution in [1.29, 1.82) is 0 Å². The summed E-state index contributed by atoms with van der Waals surface area (Å²) in [5, 5.41) is 0. The van der Waals surface area contributed by atoms with E-state index in [-0.39, 0.29) is 11.0 Å². The third kappa shape index (κ3) is 7.13. The second-order valence-corrected chi connectivity index (χ2v) is 13.2. The lowest BCUT2D eigenvalue weighted by Gasteiger charge is -2.24. The first-order valence-corrected chi connectivity index (χ1v) is 16.3. The minimum atomic E-state index is -0.702. The highest BCUT2D eigenvalue weighted by Gasteiger charge is 2.33. The van der Waals surface area contributed by atoms with Crippen molar-refractivity contribution in [2.24, 2.45) is 4.99 Å². The number of aromatic nitrogens is 1. The molecule has 1 aliphatic rings. The van der Waals surface area contributed by atoms with Gasteiger partial charge < -0.3 is 14.2 Å². The van der Waals surface area contributed by atoms with Crippen LogP contribution in [0, 0.1) is 0 Å². The SMILES string of the molecule is CC1=C(C(=O)Oc2ccccc2)C(c2ccccc2)n2c(s/c(=C/c3ccccc3OCCOc3ccc(C(C)(C)C)cc3)c2=O)=N1. The molecule has 7 nitrogen and oxygen atoms in total. The lowest BCUT2D eigenvalue weighted by atomic mass is 9.87. The van der Waals surface area contributed by atoms with Crippen LogP contribution >= 0.6 is 11.3 Å². The molecule has 0 fully saturated rings. The maximum atomic E-state index is 14.1. The van der Waals surface area contributed by atoms with Crippen LogP contribution in [0.2, 0.25) is 0 Å². The summed E-state index contributed by atoms with van der Waals surface area (Å²) in [7, 11) is 0. The fraction of sp³-hybridized carbons (Fsp3) is 0.205. The van der Waals surface area contributed by atoms with Crippen LogP contribution in [0.1, 0.15) is 50.4 Å². The summed E-state index contributed by atoms with van der Waals surface area (Å²) < 4.78 is 19.8. The number of hydrogen-bond donors (Lipinski definition) is 0. The quantitative estimate of drug-likeness (QED) is 0.103. The van der Waals surface area contributed by atoms with Gasteiger partial charge >= 0.3 is 5.97 Å². The van der Waals surface area contributed by atoms with E-state index >= 15 is 0 Å². The van der Waals surface area contributed by atoms with Crippen molar-refractivity contribution in [2.45, 2.75) is 39.2 Å². The third-order valence-corrected chi connectivity index (χ3v) is 8.83. The van der Waals surface area contributed by atoms with Gasteiger partial charge in [0.1, 0.15) is 30.5 Å². The lowest BCUT2D eigenvalue weighted by Crippen LogP contribution is -2.40. The Labute approximate surface area is 277 Å². The van der Waals surface area contributed by atoms with E-state index in [0.29, 0.717) is 45.3 Å². The van der Waals surface area contributed by atoms with Crippen LogP contribution < -0.4 is 29.1 Å². The summed E-state index contributed by atoms with van der Waals surface area (Å²) in [5.74, 6) is 1.29. The van der Waals surface area contributed by atoms with Gasteiger partial charge in [-0.3, -0.25) is 9.36 Å². The number of ether oxygens (including phenoxy) is 3. The first-order chi connectivity index (χ1) is 22.7. The van der Waals surface area contributed by atoms with Gasteiger partial charge in [0, 0.05) is 5.56 Å². The molecule has 0 spiro atoms. The summed E-state index contributed by atoms with van der Waals surface area (Å²) in [4.78, 5) is 32.9. The van der Waals surface area contributed by atoms with Crippen molar-refractivity contribution < 1.29 is 19.0 Å². The van der Waals surface area contributed by atoms with Crippen LogP contribution in [0.25, 0.3) is 6.08 Å². The van der Waals surface area contributed by atoms with Gasteiger partial charge in [-0.05, 0) is 59.9 Å². The van der Waals surface area contributed by atoms with E-state index < -0.39 is 12.0 Å². The van der Waals surface area contributed by atoms with Gasteiger partial charge in [-0.2, -0.15) is 0 Å². The molecule has 0 bridgehead atoms. The van der Waals surface area contributed by atoms with Crippen LogP contribution in [-0.2, 0) is 10.2 Å². The fourth-order valence-corrected chi connectivity index (χ4v) is 6.46. The smallest absolute Gasteiger partial charge is 0.343 e. The monoisotopic (exact) mass is 644 g/mol. The molecule has 5 aromatic rings. The average molecular weight is 645 g/mol. The average Bonchev–Trinajstić information content (AvgIpc) is 3.37. The molecular formula is C39H36N2O5S. The zero-order valence-corrected chi connectivity index (χ0v) is 27.6. The summed E-state index contributed by atoms with van der Waals surface area (Å²) in [6.07, 6.45) is 1.81. The van der Waals surface area contributed by atoms with E-state index in [1.165, 1.54) is 16.9 Å². The van der Waals surface area contributed by atoms with Gasteiger partial charge in [-0.15, -0.1) is 0 Å². The Balaban J connectivity index is 1.27. The highest BCUT2D eigenvalue weighted by atomic mass is 32.1. The summed E-state index contributed by atoms with van der Waals surface area (Å²) >= 11 is 1.28. The molecule has 47 heavy (non-hydrogen) atoms. The first-order valence-electron chi connectivity index (χ1n) is 15.5. The van der Waals surface area contributed by atoms with Crippen LogP contribution in [0.15, 0.2) is 130 Å². The maximum absolute atomic E-state index is 14.1. The van der Waals surface area contributed by atoms with E-state index in [2.05, 4.69) is 32.9 Å². The second kappa shape index (κ2) is 13.6. The molecule has 0 N–H and O–H groups in total. The standard InChI is InChI=1S/C39H36N2O5S/c1-26-34(37(43)46-31-16-9-6-10-17-31)35(27-13-7-5-8-14-27)41-36(42)33(47-38(41)40-26)25-28-15-11-12-18-32(28)45-24-23-44-30-21-19-29(20-22-30)39(2,3)4/h5-22,25,35H,23-24H2,1-4H3/b33-25+. The number of para-hydroxylation sites is 2. The van der Waals surface area contributed by atoms with E-state index in [1.54, 1.807) is 35.8 Å². The van der Waals surface area contributed by atoms with E-state index in [9.17, 15) is 9.59 Å². The number of carbonyl (C=O) groups is 1. The van der Waals surface area contributed by atoms with Crippen molar-refractivity contribution >= 4 is 23.4 Å². The Kier molecular flexibility index (Phi) is 9.22. The first kappa shape index (κ1) is 31.8. The molecule has 1 aliphatic heterocycles. The number of allylic oxidation sites excluding steroid dienone is 1. The number of fused-ring (bicyclic) bond motifs is 1. The molecule has 1 unspecified atom stereocenters. The molecule has 1 atom stereocenters. The van der Waals surface area contributed by atoms with Crippen LogP contribution in [-0.4, -0.2) is 23.8 Å². The molecule has 1 aromatic heterocycles. The maximum Gasteiger partial charge on any atom is 0.343 e. The number of thiazole rings is 1. The normalized spacial score (nSPS) is 14.7. The molecule has 0 radical (unpaired) electrons. The van der Waals surface area contributed by atoms with Crippen LogP contribution in [0.3, 0.4) is 0 Å². The zero-order chi connectivity index (χ0) is 33.0. The molecular weight excluding hydrogens is 609 g/mol. The number of esters is 1. The van der Waals surface area contributed by atoms with E-state index in [1.807, 2.05) is 78.9 Å². The Morgan fingerprint density at radius 3 is 2.17 bits per heavy atom. The number of carbonyl (C=O) groups excluding carboxylic acids is 1. The van der Waals surface area contributed by atoms with Crippen LogP contribution in [0.5, 0.6) is 17.2 Å². The number of nitrogens with zero attached hydrogens (tertiary/aromatic N) is 2. The van der Waals surface area contributed by atoms with Gasteiger partial charge in [0.2, 0.25) is 0 Å². The molecule has 238 valence electrons. The molecule has 0 saturated carbocycles. The molecule has 4 aromatic carbocycles. The topological polar surface area (TPSA) is 79.1 Å². The molecule has 2 heterocycles. The van der Waals surface area contributed by atoms with Crippen molar-refractivity contribution in [2.75, 3.05) is 13.2 Å². The third-order valence-electron chi connectivity index (χ3n) is 7.85. The van der Waals surface area contributed by atoms with Crippen LogP contribution in [0.4, 0.5) is 0 Å². The summed E-state index contributed by atoms with van der Waals surface area (Å²) in [6.45, 7) is 9.01. The predicted octanol–water partition coefficient (Wildman–Crippen LogP) is 6.60. The minimum absolute atomic E-state index is 0.0779. The Bertz CT molecular complexity index is 2090. The predicted molar refractivity (Wildman–Crippen MR) is 185 cm³/mol. The zero-order valence-electron chi connectivity index (χ0n) is 26.8. The van der Waals surface area contributed by atoms with Crippen molar-refractivity contribution in [3.63, 3.8) is 0 Å². The molecule has 6 rings (SSSR count). The molecule has 0 saturated heterocycles.